The molecule has 0 aromatic carbocycles. The van der Waals surface area contributed by atoms with Gasteiger partial charge in [0.2, 0.25) is 11.8 Å². The van der Waals surface area contributed by atoms with Crippen molar-refractivity contribution in [2.75, 3.05) is 0 Å². The average Bonchev–Trinajstić information content (AvgIpc) is 2.34. The van der Waals surface area contributed by atoms with Crippen molar-refractivity contribution in [3.8, 4) is 0 Å². The van der Waals surface area contributed by atoms with Crippen LogP contribution in [0.4, 0.5) is 8.78 Å². The Bertz CT molecular complexity index is 337. The Hall–Kier alpha value is -1.20. The van der Waals surface area contributed by atoms with Gasteiger partial charge in [-0.15, -0.1) is 0 Å². The SMILES string of the molecule is CCC(C)[C@H](NC(=O)C1CCC(F)(F)CC1)C(=O)O. The largest absolute Gasteiger partial charge is 0.480 e. The van der Waals surface area contributed by atoms with Crippen LogP contribution in [0.15, 0.2) is 0 Å². The minimum absolute atomic E-state index is 0.117. The van der Waals surface area contributed by atoms with Gasteiger partial charge in [-0.1, -0.05) is 20.3 Å². The maximum atomic E-state index is 13.0. The highest BCUT2D eigenvalue weighted by atomic mass is 19.3. The maximum Gasteiger partial charge on any atom is 0.326 e. The molecule has 0 spiro atoms. The van der Waals surface area contributed by atoms with Gasteiger partial charge >= 0.3 is 5.97 Å². The molecule has 0 heterocycles. The van der Waals surface area contributed by atoms with Crippen molar-refractivity contribution in [3.05, 3.63) is 0 Å². The molecule has 1 unspecified atom stereocenters. The molecule has 0 aliphatic heterocycles. The minimum atomic E-state index is -2.68. The first-order valence-electron chi connectivity index (χ1n) is 6.68. The second kappa shape index (κ2) is 6.30. The summed E-state index contributed by atoms with van der Waals surface area (Å²) in [5.74, 6) is -4.86. The van der Waals surface area contributed by atoms with Crippen LogP contribution in [0.5, 0.6) is 0 Å². The zero-order chi connectivity index (χ0) is 14.6. The van der Waals surface area contributed by atoms with Gasteiger partial charge in [-0.2, -0.15) is 0 Å². The normalized spacial score (nSPS) is 22.5. The maximum absolute atomic E-state index is 13.0. The van der Waals surface area contributed by atoms with Crippen LogP contribution in [0.25, 0.3) is 0 Å². The number of nitrogens with one attached hydrogen (secondary N) is 1. The summed E-state index contributed by atoms with van der Waals surface area (Å²) in [7, 11) is 0. The number of aliphatic carboxylic acids is 1. The predicted molar refractivity (Wildman–Crippen MR) is 65.9 cm³/mol. The molecule has 1 aliphatic rings. The summed E-state index contributed by atoms with van der Waals surface area (Å²) in [4.78, 5) is 23.0. The topological polar surface area (TPSA) is 66.4 Å². The van der Waals surface area contributed by atoms with Gasteiger partial charge in [0.1, 0.15) is 6.04 Å². The monoisotopic (exact) mass is 277 g/mol. The Morgan fingerprint density at radius 2 is 1.89 bits per heavy atom. The molecule has 1 aliphatic carbocycles. The van der Waals surface area contributed by atoms with E-state index in [-0.39, 0.29) is 31.6 Å². The Morgan fingerprint density at radius 3 is 2.32 bits per heavy atom. The molecule has 4 nitrogen and oxygen atoms in total. The average molecular weight is 277 g/mol. The molecule has 1 amide bonds. The molecule has 2 N–H and O–H groups in total. The van der Waals surface area contributed by atoms with Gasteiger partial charge in [0, 0.05) is 18.8 Å². The molecule has 0 radical (unpaired) electrons. The zero-order valence-corrected chi connectivity index (χ0v) is 11.3. The summed E-state index contributed by atoms with van der Waals surface area (Å²) in [6, 6.07) is -0.945. The van der Waals surface area contributed by atoms with Crippen LogP contribution in [-0.2, 0) is 9.59 Å². The lowest BCUT2D eigenvalue weighted by Crippen LogP contribution is -2.48. The van der Waals surface area contributed by atoms with Gasteiger partial charge in [0.05, 0.1) is 0 Å². The first-order chi connectivity index (χ1) is 8.76. The lowest BCUT2D eigenvalue weighted by Gasteiger charge is -2.29. The number of hydrogen-bond donors (Lipinski definition) is 2. The lowest BCUT2D eigenvalue weighted by molar-refractivity contribution is -0.145. The van der Waals surface area contributed by atoms with E-state index < -0.39 is 29.8 Å². The molecular weight excluding hydrogens is 256 g/mol. The van der Waals surface area contributed by atoms with Crippen molar-refractivity contribution in [2.24, 2.45) is 11.8 Å². The van der Waals surface area contributed by atoms with Crippen LogP contribution in [-0.4, -0.2) is 28.9 Å². The minimum Gasteiger partial charge on any atom is -0.480 e. The molecule has 2 atom stereocenters. The van der Waals surface area contributed by atoms with Gasteiger partial charge in [-0.25, -0.2) is 13.6 Å². The number of amides is 1. The molecule has 0 aromatic heterocycles. The molecule has 0 bridgehead atoms. The molecular formula is C13H21F2NO3. The fourth-order valence-electron chi connectivity index (χ4n) is 2.26. The van der Waals surface area contributed by atoms with E-state index in [1.807, 2.05) is 6.92 Å². The number of carbonyl (C=O) groups is 2. The van der Waals surface area contributed by atoms with Crippen LogP contribution in [0.3, 0.4) is 0 Å². The van der Waals surface area contributed by atoms with Gasteiger partial charge < -0.3 is 10.4 Å². The van der Waals surface area contributed by atoms with Crippen molar-refractivity contribution in [1.82, 2.24) is 5.32 Å². The Balaban J connectivity index is 2.56. The van der Waals surface area contributed by atoms with E-state index in [1.54, 1.807) is 6.92 Å². The molecule has 0 saturated heterocycles. The number of alkyl halides is 2. The fourth-order valence-corrected chi connectivity index (χ4v) is 2.26. The third-order valence-electron chi connectivity index (χ3n) is 3.86. The molecule has 1 saturated carbocycles. The second-order valence-corrected chi connectivity index (χ2v) is 5.34. The van der Waals surface area contributed by atoms with E-state index in [4.69, 9.17) is 5.11 Å². The van der Waals surface area contributed by atoms with Gasteiger partial charge in [0.25, 0.3) is 0 Å². The van der Waals surface area contributed by atoms with Crippen molar-refractivity contribution in [2.45, 2.75) is 57.9 Å². The van der Waals surface area contributed by atoms with E-state index in [0.29, 0.717) is 6.42 Å². The molecule has 0 aromatic rings. The number of carbonyl (C=O) groups excluding carboxylic acids is 1. The quantitative estimate of drug-likeness (QED) is 0.811. The summed E-state index contributed by atoms with van der Waals surface area (Å²) >= 11 is 0. The number of rotatable bonds is 5. The van der Waals surface area contributed by atoms with E-state index in [0.717, 1.165) is 0 Å². The second-order valence-electron chi connectivity index (χ2n) is 5.34. The van der Waals surface area contributed by atoms with Crippen molar-refractivity contribution >= 4 is 11.9 Å². The molecule has 110 valence electrons. The molecule has 1 fully saturated rings. The predicted octanol–water partition coefficient (Wildman–Crippen LogP) is 2.43. The third-order valence-corrected chi connectivity index (χ3v) is 3.86. The summed E-state index contributed by atoms with van der Waals surface area (Å²) in [6.07, 6.45) is 0.260. The summed E-state index contributed by atoms with van der Waals surface area (Å²) in [5.41, 5.74) is 0. The van der Waals surface area contributed by atoms with E-state index in [1.165, 1.54) is 0 Å². The fraction of sp³-hybridized carbons (Fsp3) is 0.846. The standard InChI is InChI=1S/C13H21F2NO3/c1-3-8(2)10(12(18)19)16-11(17)9-4-6-13(14,15)7-5-9/h8-10H,3-7H2,1-2H3,(H,16,17)(H,18,19)/t8?,10-/m0/s1. The van der Waals surface area contributed by atoms with Crippen LogP contribution in [0.1, 0.15) is 46.0 Å². The number of carboxylic acid groups (broad SMARTS) is 1. The number of halogens is 2. The van der Waals surface area contributed by atoms with Crippen molar-refractivity contribution in [3.63, 3.8) is 0 Å². The first kappa shape index (κ1) is 15.9. The van der Waals surface area contributed by atoms with Gasteiger partial charge in [-0.3, -0.25) is 4.79 Å². The van der Waals surface area contributed by atoms with Crippen LogP contribution >= 0.6 is 0 Å². The van der Waals surface area contributed by atoms with E-state index in [2.05, 4.69) is 5.32 Å². The van der Waals surface area contributed by atoms with E-state index >= 15 is 0 Å². The summed E-state index contributed by atoms with van der Waals surface area (Å²) < 4.78 is 26.0. The lowest BCUT2D eigenvalue weighted by atomic mass is 9.85. The zero-order valence-electron chi connectivity index (χ0n) is 11.3. The van der Waals surface area contributed by atoms with E-state index in [9.17, 15) is 18.4 Å². The van der Waals surface area contributed by atoms with Crippen molar-refractivity contribution < 1.29 is 23.5 Å². The molecule has 6 heteroatoms. The highest BCUT2D eigenvalue weighted by Crippen LogP contribution is 2.36. The van der Waals surface area contributed by atoms with Crippen LogP contribution < -0.4 is 5.32 Å². The highest BCUT2D eigenvalue weighted by Gasteiger charge is 2.38. The smallest absolute Gasteiger partial charge is 0.326 e. The highest BCUT2D eigenvalue weighted by molar-refractivity contribution is 5.85. The molecule has 19 heavy (non-hydrogen) atoms. The number of carboxylic acids is 1. The third kappa shape index (κ3) is 4.44. The Labute approximate surface area is 111 Å². The Morgan fingerprint density at radius 1 is 1.37 bits per heavy atom. The van der Waals surface area contributed by atoms with Crippen molar-refractivity contribution in [1.29, 1.82) is 0 Å². The summed E-state index contributed by atoms with van der Waals surface area (Å²) in [5, 5.41) is 11.6. The first-order valence-corrected chi connectivity index (χ1v) is 6.68. The molecule has 1 rings (SSSR count). The van der Waals surface area contributed by atoms with Gasteiger partial charge in [0.15, 0.2) is 0 Å². The summed E-state index contributed by atoms with van der Waals surface area (Å²) in [6.45, 7) is 3.59. The van der Waals surface area contributed by atoms with Gasteiger partial charge in [-0.05, 0) is 18.8 Å². The van der Waals surface area contributed by atoms with Crippen LogP contribution in [0, 0.1) is 11.8 Å². The Kier molecular flexibility index (Phi) is 5.26. The number of hydrogen-bond acceptors (Lipinski definition) is 2. The van der Waals surface area contributed by atoms with Crippen LogP contribution in [0.2, 0.25) is 0 Å².